The van der Waals surface area contributed by atoms with E-state index in [-0.39, 0.29) is 0 Å². The third-order valence-corrected chi connectivity index (χ3v) is 3.39. The minimum Gasteiger partial charge on any atom is -0.277 e. The second kappa shape index (κ2) is 5.62. The van der Waals surface area contributed by atoms with Crippen molar-refractivity contribution in [1.82, 2.24) is 10.6 Å². The normalized spacial score (nSPS) is 19.2. The van der Waals surface area contributed by atoms with Crippen LogP contribution in [0.25, 0.3) is 0 Å². The molecule has 0 radical (unpaired) electrons. The molecule has 0 aliphatic carbocycles. The Bertz CT molecular complexity index is 322. The Morgan fingerprint density at radius 2 is 1.65 bits per heavy atom. The molecule has 0 bridgehead atoms. The van der Waals surface area contributed by atoms with Gasteiger partial charge in [0.15, 0.2) is 0 Å². The van der Waals surface area contributed by atoms with Crippen LogP contribution in [0.1, 0.15) is 33.1 Å². The van der Waals surface area contributed by atoms with Gasteiger partial charge in [0.2, 0.25) is 11.8 Å². The Morgan fingerprint density at radius 1 is 1.12 bits per heavy atom. The van der Waals surface area contributed by atoms with Crippen molar-refractivity contribution in [3.8, 4) is 0 Å². The quantitative estimate of drug-likeness (QED) is 0.598. The summed E-state index contributed by atoms with van der Waals surface area (Å²) in [4.78, 5) is 34.9. The zero-order chi connectivity index (χ0) is 13.1. The summed E-state index contributed by atoms with van der Waals surface area (Å²) < 4.78 is 0. The van der Waals surface area contributed by atoms with Gasteiger partial charge in [-0.05, 0) is 25.2 Å². The summed E-state index contributed by atoms with van der Waals surface area (Å²) >= 11 is 3.25. The highest BCUT2D eigenvalue weighted by molar-refractivity contribution is 9.09. The number of imide groups is 2. The fourth-order valence-electron chi connectivity index (χ4n) is 1.86. The van der Waals surface area contributed by atoms with Gasteiger partial charge in [-0.3, -0.25) is 20.2 Å². The lowest BCUT2D eigenvalue weighted by molar-refractivity contribution is -0.145. The van der Waals surface area contributed by atoms with E-state index >= 15 is 0 Å². The summed E-state index contributed by atoms with van der Waals surface area (Å²) in [6, 6.07) is -0.727. The number of barbiturate groups is 1. The van der Waals surface area contributed by atoms with Gasteiger partial charge in [0.1, 0.15) is 5.41 Å². The fraction of sp³-hybridized carbons (Fsp3) is 0.727. The van der Waals surface area contributed by atoms with Gasteiger partial charge in [0.05, 0.1) is 0 Å². The van der Waals surface area contributed by atoms with Crippen LogP contribution in [0.4, 0.5) is 4.79 Å². The number of amides is 4. The lowest BCUT2D eigenvalue weighted by atomic mass is 9.76. The van der Waals surface area contributed by atoms with Crippen LogP contribution in [0, 0.1) is 11.3 Å². The number of halogens is 1. The molecule has 96 valence electrons. The van der Waals surface area contributed by atoms with E-state index in [9.17, 15) is 14.4 Å². The van der Waals surface area contributed by atoms with Crippen molar-refractivity contribution < 1.29 is 14.4 Å². The summed E-state index contributed by atoms with van der Waals surface area (Å²) in [5.41, 5.74) is -1.11. The van der Waals surface area contributed by atoms with E-state index in [2.05, 4.69) is 26.6 Å². The highest BCUT2D eigenvalue weighted by Crippen LogP contribution is 2.33. The van der Waals surface area contributed by atoms with Crippen molar-refractivity contribution in [3.05, 3.63) is 0 Å². The third kappa shape index (κ3) is 3.06. The number of rotatable bonds is 5. The molecule has 0 aromatic carbocycles. The summed E-state index contributed by atoms with van der Waals surface area (Å²) in [6.07, 6.45) is 1.62. The molecule has 1 aliphatic heterocycles. The molecular weight excluding hydrogens is 288 g/mol. The van der Waals surface area contributed by atoms with Crippen LogP contribution in [-0.2, 0) is 9.59 Å². The second-order valence-electron chi connectivity index (χ2n) is 4.69. The molecule has 0 atom stereocenters. The molecule has 6 heteroatoms. The number of nitrogens with one attached hydrogen (secondary N) is 2. The molecule has 1 saturated heterocycles. The van der Waals surface area contributed by atoms with E-state index in [0.29, 0.717) is 24.1 Å². The molecule has 1 aliphatic rings. The molecular formula is C11H17BrN2O3. The lowest BCUT2D eigenvalue weighted by Crippen LogP contribution is -2.62. The standard InChI is InChI=1S/C11H17BrN2O3/c1-7(2)3-4-11(5-6-12)8(15)13-10(17)14-9(11)16/h7H,3-6H2,1-2H3,(H2,13,14,15,16,17). The topological polar surface area (TPSA) is 75.3 Å². The summed E-state index contributed by atoms with van der Waals surface area (Å²) in [5, 5.41) is 4.90. The number of hydrogen-bond acceptors (Lipinski definition) is 3. The number of carbonyl (C=O) groups excluding carboxylic acids is 3. The van der Waals surface area contributed by atoms with Crippen molar-refractivity contribution in [2.75, 3.05) is 5.33 Å². The molecule has 1 fully saturated rings. The first-order chi connectivity index (χ1) is 7.92. The monoisotopic (exact) mass is 304 g/mol. The van der Waals surface area contributed by atoms with E-state index in [1.807, 2.05) is 13.8 Å². The lowest BCUT2D eigenvalue weighted by Gasteiger charge is -2.34. The van der Waals surface area contributed by atoms with Crippen molar-refractivity contribution in [2.24, 2.45) is 11.3 Å². The first-order valence-corrected chi connectivity index (χ1v) is 6.77. The number of alkyl halides is 1. The first-order valence-electron chi connectivity index (χ1n) is 5.65. The average molecular weight is 305 g/mol. The van der Waals surface area contributed by atoms with Crippen molar-refractivity contribution >= 4 is 33.8 Å². The van der Waals surface area contributed by atoms with Crippen LogP contribution in [0.3, 0.4) is 0 Å². The van der Waals surface area contributed by atoms with Gasteiger partial charge in [-0.2, -0.15) is 0 Å². The maximum atomic E-state index is 11.9. The summed E-state index contributed by atoms with van der Waals surface area (Å²) in [5.74, 6) is -0.557. The number of carbonyl (C=O) groups is 3. The predicted octanol–water partition coefficient (Wildman–Crippen LogP) is 1.56. The zero-order valence-electron chi connectivity index (χ0n) is 10.0. The van der Waals surface area contributed by atoms with Crippen LogP contribution >= 0.6 is 15.9 Å². The van der Waals surface area contributed by atoms with E-state index in [1.54, 1.807) is 0 Å². The Balaban J connectivity index is 2.91. The van der Waals surface area contributed by atoms with Crippen LogP contribution in [0.2, 0.25) is 0 Å². The molecule has 1 rings (SSSR count). The molecule has 1 heterocycles. The van der Waals surface area contributed by atoms with Crippen molar-refractivity contribution in [2.45, 2.75) is 33.1 Å². The molecule has 2 N–H and O–H groups in total. The van der Waals surface area contributed by atoms with Crippen LogP contribution in [0.15, 0.2) is 0 Å². The smallest absolute Gasteiger partial charge is 0.277 e. The summed E-state index contributed by atoms with van der Waals surface area (Å²) in [7, 11) is 0. The van der Waals surface area contributed by atoms with Crippen molar-refractivity contribution in [1.29, 1.82) is 0 Å². The van der Waals surface area contributed by atoms with Crippen LogP contribution in [-0.4, -0.2) is 23.2 Å². The molecule has 0 spiro atoms. The molecule has 4 amide bonds. The highest BCUT2D eigenvalue weighted by Gasteiger charge is 2.49. The molecule has 0 aromatic rings. The minimum atomic E-state index is -1.11. The van der Waals surface area contributed by atoms with Crippen LogP contribution in [0.5, 0.6) is 0 Å². The van der Waals surface area contributed by atoms with E-state index in [4.69, 9.17) is 0 Å². The average Bonchev–Trinajstić information content (AvgIpc) is 2.21. The maximum Gasteiger partial charge on any atom is 0.328 e. The minimum absolute atomic E-state index is 0.394. The second-order valence-corrected chi connectivity index (χ2v) is 5.48. The Hall–Kier alpha value is -0.910. The highest BCUT2D eigenvalue weighted by atomic mass is 79.9. The number of urea groups is 1. The Morgan fingerprint density at radius 3 is 2.06 bits per heavy atom. The third-order valence-electron chi connectivity index (χ3n) is 2.99. The Labute approximate surface area is 109 Å². The van der Waals surface area contributed by atoms with Gasteiger partial charge >= 0.3 is 6.03 Å². The van der Waals surface area contributed by atoms with Crippen LogP contribution < -0.4 is 10.6 Å². The van der Waals surface area contributed by atoms with Gasteiger partial charge in [0, 0.05) is 5.33 Å². The van der Waals surface area contributed by atoms with E-state index < -0.39 is 23.3 Å². The van der Waals surface area contributed by atoms with Gasteiger partial charge in [-0.15, -0.1) is 0 Å². The van der Waals surface area contributed by atoms with E-state index in [1.165, 1.54) is 0 Å². The van der Waals surface area contributed by atoms with Crippen molar-refractivity contribution in [3.63, 3.8) is 0 Å². The number of hydrogen-bond donors (Lipinski definition) is 2. The molecule has 0 saturated carbocycles. The van der Waals surface area contributed by atoms with Gasteiger partial charge in [-0.1, -0.05) is 29.8 Å². The molecule has 5 nitrogen and oxygen atoms in total. The molecule has 17 heavy (non-hydrogen) atoms. The SMILES string of the molecule is CC(C)CCC1(CCBr)C(=O)NC(=O)NC1=O. The van der Waals surface area contributed by atoms with Gasteiger partial charge < -0.3 is 0 Å². The molecule has 0 aromatic heterocycles. The zero-order valence-corrected chi connectivity index (χ0v) is 11.6. The van der Waals surface area contributed by atoms with Gasteiger partial charge in [0.25, 0.3) is 0 Å². The largest absolute Gasteiger partial charge is 0.328 e. The molecule has 0 unspecified atom stereocenters. The first kappa shape index (κ1) is 14.2. The fourth-order valence-corrected chi connectivity index (χ4v) is 2.53. The predicted molar refractivity (Wildman–Crippen MR) is 66.6 cm³/mol. The Kier molecular flexibility index (Phi) is 4.68. The van der Waals surface area contributed by atoms with Gasteiger partial charge in [-0.25, -0.2) is 4.79 Å². The maximum absolute atomic E-state index is 11.9. The van der Waals surface area contributed by atoms with E-state index in [0.717, 1.165) is 6.42 Å². The summed E-state index contributed by atoms with van der Waals surface area (Å²) in [6.45, 7) is 4.07.